The normalized spacial score (nSPS) is 23.5. The molecule has 3 nitrogen and oxygen atoms in total. The molecule has 2 rings (SSSR count). The molecule has 2 unspecified atom stereocenters. The summed E-state index contributed by atoms with van der Waals surface area (Å²) in [6.45, 7) is 4.54. The molecule has 0 spiro atoms. The van der Waals surface area contributed by atoms with Crippen molar-refractivity contribution in [1.29, 1.82) is 0 Å². The second-order valence-corrected chi connectivity index (χ2v) is 5.35. The molecule has 4 heteroatoms. The van der Waals surface area contributed by atoms with Gasteiger partial charge in [0.2, 0.25) is 5.91 Å². The van der Waals surface area contributed by atoms with E-state index in [1.807, 2.05) is 6.92 Å². The molecule has 1 aliphatic rings. The highest BCUT2D eigenvalue weighted by Crippen LogP contribution is 2.30. The Hall–Kier alpha value is -0.870. The highest BCUT2D eigenvalue weighted by atomic mass is 32.1. The van der Waals surface area contributed by atoms with Crippen LogP contribution in [0.15, 0.2) is 12.1 Å². The lowest BCUT2D eigenvalue weighted by Crippen LogP contribution is -2.28. The summed E-state index contributed by atoms with van der Waals surface area (Å²) in [6.07, 6.45) is -0.213. The molecule has 0 aliphatic carbocycles. The zero-order valence-electron chi connectivity index (χ0n) is 8.93. The first kappa shape index (κ1) is 10.6. The first-order valence-corrected chi connectivity index (χ1v) is 5.93. The Bertz CT molecular complexity index is 374. The van der Waals surface area contributed by atoms with E-state index >= 15 is 0 Å². The van der Waals surface area contributed by atoms with Gasteiger partial charge < -0.3 is 10.0 Å². The Kier molecular flexibility index (Phi) is 2.80. The summed E-state index contributed by atoms with van der Waals surface area (Å²) in [5.41, 5.74) is 0. The van der Waals surface area contributed by atoms with Crippen LogP contribution in [0.4, 0.5) is 0 Å². The standard InChI is InChI=1S/C11H15NO2S/c1-7-3-4-10(15-7)8(2)12-6-9(13)5-11(12)14/h3-4,8-9,13H,5-6H2,1-2H3. The Morgan fingerprint density at radius 3 is 2.80 bits per heavy atom. The van der Waals surface area contributed by atoms with E-state index in [9.17, 15) is 9.90 Å². The molecule has 0 radical (unpaired) electrons. The van der Waals surface area contributed by atoms with E-state index < -0.39 is 6.10 Å². The van der Waals surface area contributed by atoms with Gasteiger partial charge in [-0.05, 0) is 26.0 Å². The second-order valence-electron chi connectivity index (χ2n) is 4.03. The zero-order valence-corrected chi connectivity index (χ0v) is 9.75. The predicted molar refractivity (Wildman–Crippen MR) is 59.8 cm³/mol. The third-order valence-electron chi connectivity index (χ3n) is 2.78. The molecule has 0 aromatic carbocycles. The van der Waals surface area contributed by atoms with Gasteiger partial charge in [-0.1, -0.05) is 0 Å². The molecule has 1 aromatic rings. The monoisotopic (exact) mass is 225 g/mol. The van der Waals surface area contributed by atoms with Gasteiger partial charge in [0.15, 0.2) is 0 Å². The minimum atomic E-state index is -0.485. The van der Waals surface area contributed by atoms with E-state index in [1.54, 1.807) is 16.2 Å². The van der Waals surface area contributed by atoms with Crippen LogP contribution in [0.1, 0.15) is 29.1 Å². The van der Waals surface area contributed by atoms with Gasteiger partial charge in [0.1, 0.15) is 0 Å². The molecular formula is C11H15NO2S. The molecule has 0 bridgehead atoms. The van der Waals surface area contributed by atoms with Crippen LogP contribution in [0, 0.1) is 6.92 Å². The number of β-amino-alcohol motifs (C(OH)–C–C–N with tert-alkyl or cyclic N) is 1. The van der Waals surface area contributed by atoms with E-state index in [-0.39, 0.29) is 18.4 Å². The van der Waals surface area contributed by atoms with Crippen LogP contribution in [0.2, 0.25) is 0 Å². The summed E-state index contributed by atoms with van der Waals surface area (Å²) in [5, 5.41) is 9.41. The minimum absolute atomic E-state index is 0.0565. The largest absolute Gasteiger partial charge is 0.391 e. The van der Waals surface area contributed by atoms with E-state index in [0.29, 0.717) is 6.54 Å². The van der Waals surface area contributed by atoms with Crippen LogP contribution in [0.5, 0.6) is 0 Å². The molecule has 2 heterocycles. The van der Waals surface area contributed by atoms with Crippen molar-refractivity contribution in [3.05, 3.63) is 21.9 Å². The lowest BCUT2D eigenvalue weighted by Gasteiger charge is -2.23. The van der Waals surface area contributed by atoms with Gasteiger partial charge >= 0.3 is 0 Å². The maximum absolute atomic E-state index is 11.6. The fourth-order valence-corrected chi connectivity index (χ4v) is 2.86. The van der Waals surface area contributed by atoms with Crippen molar-refractivity contribution < 1.29 is 9.90 Å². The molecule has 2 atom stereocenters. The van der Waals surface area contributed by atoms with E-state index in [0.717, 1.165) is 0 Å². The lowest BCUT2D eigenvalue weighted by atomic mass is 10.2. The summed E-state index contributed by atoms with van der Waals surface area (Å²) in [5.74, 6) is 0.0565. The summed E-state index contributed by atoms with van der Waals surface area (Å²) >= 11 is 1.71. The zero-order chi connectivity index (χ0) is 11.0. The summed E-state index contributed by atoms with van der Waals surface area (Å²) in [7, 11) is 0. The summed E-state index contributed by atoms with van der Waals surface area (Å²) < 4.78 is 0. The van der Waals surface area contributed by atoms with Gasteiger partial charge in [-0.3, -0.25) is 4.79 Å². The first-order valence-electron chi connectivity index (χ1n) is 5.12. The van der Waals surface area contributed by atoms with E-state index in [1.165, 1.54) is 9.75 Å². The number of likely N-dealkylation sites (tertiary alicyclic amines) is 1. The van der Waals surface area contributed by atoms with Crippen molar-refractivity contribution in [1.82, 2.24) is 4.90 Å². The Morgan fingerprint density at radius 2 is 2.33 bits per heavy atom. The molecule has 0 saturated carbocycles. The Balaban J connectivity index is 2.14. The molecule has 1 N–H and O–H groups in total. The smallest absolute Gasteiger partial charge is 0.225 e. The van der Waals surface area contributed by atoms with Gasteiger partial charge in [0.05, 0.1) is 18.6 Å². The van der Waals surface area contributed by atoms with Gasteiger partial charge in [-0.2, -0.15) is 0 Å². The molecule has 1 aliphatic heterocycles. The van der Waals surface area contributed by atoms with Crippen molar-refractivity contribution in [2.45, 2.75) is 32.4 Å². The van der Waals surface area contributed by atoms with E-state index in [4.69, 9.17) is 0 Å². The van der Waals surface area contributed by atoms with Crippen LogP contribution in [-0.2, 0) is 4.79 Å². The molecule has 1 amide bonds. The van der Waals surface area contributed by atoms with Crippen molar-refractivity contribution in [2.75, 3.05) is 6.54 Å². The number of hydrogen-bond acceptors (Lipinski definition) is 3. The molecule has 82 valence electrons. The molecule has 1 aromatic heterocycles. The SMILES string of the molecule is Cc1ccc(C(C)N2CC(O)CC2=O)s1. The number of aliphatic hydroxyl groups excluding tert-OH is 1. The number of aryl methyl sites for hydroxylation is 1. The van der Waals surface area contributed by atoms with Crippen molar-refractivity contribution in [3.8, 4) is 0 Å². The number of hydrogen-bond donors (Lipinski definition) is 1. The number of aliphatic hydroxyl groups is 1. The highest BCUT2D eigenvalue weighted by molar-refractivity contribution is 7.12. The van der Waals surface area contributed by atoms with E-state index in [2.05, 4.69) is 19.1 Å². The number of amides is 1. The van der Waals surface area contributed by atoms with Crippen LogP contribution >= 0.6 is 11.3 Å². The van der Waals surface area contributed by atoms with Crippen LogP contribution in [0.25, 0.3) is 0 Å². The first-order chi connectivity index (χ1) is 7.08. The third kappa shape index (κ3) is 2.06. The average Bonchev–Trinajstić information content (AvgIpc) is 2.71. The van der Waals surface area contributed by atoms with Crippen molar-refractivity contribution >= 4 is 17.2 Å². The number of thiophene rings is 1. The fraction of sp³-hybridized carbons (Fsp3) is 0.545. The molecular weight excluding hydrogens is 210 g/mol. The van der Waals surface area contributed by atoms with Crippen LogP contribution in [-0.4, -0.2) is 28.6 Å². The minimum Gasteiger partial charge on any atom is -0.391 e. The average molecular weight is 225 g/mol. The Labute approximate surface area is 93.3 Å². The molecule has 1 fully saturated rings. The second kappa shape index (κ2) is 3.94. The number of carbonyl (C=O) groups excluding carboxylic acids is 1. The fourth-order valence-electron chi connectivity index (χ4n) is 1.92. The Morgan fingerprint density at radius 1 is 1.60 bits per heavy atom. The summed E-state index contributed by atoms with van der Waals surface area (Å²) in [4.78, 5) is 15.8. The summed E-state index contributed by atoms with van der Waals surface area (Å²) in [6, 6.07) is 4.21. The maximum Gasteiger partial charge on any atom is 0.225 e. The van der Waals surface area contributed by atoms with Gasteiger partial charge in [-0.15, -0.1) is 11.3 Å². The highest BCUT2D eigenvalue weighted by Gasteiger charge is 2.32. The molecule has 15 heavy (non-hydrogen) atoms. The molecule has 1 saturated heterocycles. The van der Waals surface area contributed by atoms with Gasteiger partial charge in [-0.25, -0.2) is 0 Å². The predicted octanol–water partition coefficient (Wildman–Crippen LogP) is 1.71. The quantitative estimate of drug-likeness (QED) is 0.832. The van der Waals surface area contributed by atoms with Crippen LogP contribution < -0.4 is 0 Å². The lowest BCUT2D eigenvalue weighted by molar-refractivity contribution is -0.129. The van der Waals surface area contributed by atoms with Gasteiger partial charge in [0, 0.05) is 16.3 Å². The van der Waals surface area contributed by atoms with Crippen LogP contribution in [0.3, 0.4) is 0 Å². The number of rotatable bonds is 2. The number of carbonyl (C=O) groups is 1. The maximum atomic E-state index is 11.6. The topological polar surface area (TPSA) is 40.5 Å². The number of nitrogens with zero attached hydrogens (tertiary/aromatic N) is 1. The van der Waals surface area contributed by atoms with Crippen molar-refractivity contribution in [3.63, 3.8) is 0 Å². The van der Waals surface area contributed by atoms with Crippen molar-refractivity contribution in [2.24, 2.45) is 0 Å². The van der Waals surface area contributed by atoms with Gasteiger partial charge in [0.25, 0.3) is 0 Å². The third-order valence-corrected chi connectivity index (χ3v) is 3.95.